The number of carbonyl (C=O) groups is 3. The second-order valence-electron chi connectivity index (χ2n) is 3.91. The van der Waals surface area contributed by atoms with E-state index in [0.717, 1.165) is 6.42 Å². The summed E-state index contributed by atoms with van der Waals surface area (Å²) >= 11 is 0. The Morgan fingerprint density at radius 1 is 1.47 bits per heavy atom. The maximum Gasteiger partial charge on any atom is 0.326 e. The Hall–Kier alpha value is -1.63. The summed E-state index contributed by atoms with van der Waals surface area (Å²) < 4.78 is 5.12. The van der Waals surface area contributed by atoms with Crippen LogP contribution in [0.5, 0.6) is 0 Å². The molecule has 0 saturated carbocycles. The third-order valence-electron chi connectivity index (χ3n) is 2.52. The molecule has 1 rings (SSSR count). The fraction of sp³-hybridized carbons (Fsp3) is 0.700. The number of nitrogens with two attached hydrogens (primary N) is 1. The van der Waals surface area contributed by atoms with Gasteiger partial charge in [-0.2, -0.15) is 0 Å². The molecule has 1 aliphatic rings. The van der Waals surface area contributed by atoms with Crippen LogP contribution in [0.15, 0.2) is 0 Å². The van der Waals surface area contributed by atoms with Gasteiger partial charge in [0.05, 0.1) is 0 Å². The summed E-state index contributed by atoms with van der Waals surface area (Å²) in [5.74, 6) is -2.22. The third-order valence-corrected chi connectivity index (χ3v) is 2.52. The molecule has 0 aliphatic carbocycles. The fourth-order valence-corrected chi connectivity index (χ4v) is 1.59. The number of hydrogen-bond donors (Lipinski definition) is 3. The Bertz CT molecular complexity index is 312. The second-order valence-corrected chi connectivity index (χ2v) is 3.91. The maximum absolute atomic E-state index is 11.6. The molecule has 0 spiro atoms. The van der Waals surface area contributed by atoms with Gasteiger partial charge in [0.2, 0.25) is 11.8 Å². The number of carboxylic acids is 1. The van der Waals surface area contributed by atoms with E-state index in [4.69, 9.17) is 15.6 Å². The van der Waals surface area contributed by atoms with Crippen molar-refractivity contribution in [3.05, 3.63) is 0 Å². The number of rotatable bonds is 6. The molecule has 17 heavy (non-hydrogen) atoms. The number of aliphatic carboxylic acids is 1. The van der Waals surface area contributed by atoms with Crippen LogP contribution < -0.4 is 11.1 Å². The highest BCUT2D eigenvalue weighted by Crippen LogP contribution is 2.12. The van der Waals surface area contributed by atoms with Crippen molar-refractivity contribution >= 4 is 17.8 Å². The van der Waals surface area contributed by atoms with Crippen LogP contribution in [0.3, 0.4) is 0 Å². The minimum absolute atomic E-state index is 0.0108. The molecule has 0 aromatic heterocycles. The van der Waals surface area contributed by atoms with Gasteiger partial charge < -0.3 is 20.9 Å². The highest BCUT2D eigenvalue weighted by atomic mass is 16.5. The van der Waals surface area contributed by atoms with E-state index in [0.29, 0.717) is 13.0 Å². The largest absolute Gasteiger partial charge is 0.480 e. The lowest BCUT2D eigenvalue weighted by molar-refractivity contribution is -0.144. The zero-order chi connectivity index (χ0) is 12.8. The summed E-state index contributed by atoms with van der Waals surface area (Å²) in [5.41, 5.74) is 4.92. The van der Waals surface area contributed by atoms with Crippen molar-refractivity contribution in [3.63, 3.8) is 0 Å². The molecule has 1 fully saturated rings. The number of carbonyl (C=O) groups excluding carboxylic acids is 2. The van der Waals surface area contributed by atoms with E-state index in [1.807, 2.05) is 0 Å². The lowest BCUT2D eigenvalue weighted by Crippen LogP contribution is -2.45. The van der Waals surface area contributed by atoms with Crippen LogP contribution in [0, 0.1) is 0 Å². The third kappa shape index (κ3) is 4.39. The molecule has 7 nitrogen and oxygen atoms in total. The molecular weight excluding hydrogens is 228 g/mol. The van der Waals surface area contributed by atoms with E-state index in [9.17, 15) is 14.4 Å². The molecule has 1 aliphatic heterocycles. The first-order valence-electron chi connectivity index (χ1n) is 5.44. The monoisotopic (exact) mass is 244 g/mol. The summed E-state index contributed by atoms with van der Waals surface area (Å²) in [6.45, 7) is 0.511. The van der Waals surface area contributed by atoms with Gasteiger partial charge in [0.1, 0.15) is 12.1 Å². The first-order chi connectivity index (χ1) is 8.00. The molecule has 0 aromatic carbocycles. The van der Waals surface area contributed by atoms with Crippen molar-refractivity contribution < 1.29 is 24.2 Å². The normalized spacial score (nSPS) is 20.8. The number of carboxylic acid groups (broad SMARTS) is 1. The van der Waals surface area contributed by atoms with E-state index in [1.54, 1.807) is 0 Å². The van der Waals surface area contributed by atoms with Crippen LogP contribution in [0.1, 0.15) is 25.7 Å². The number of nitrogens with one attached hydrogen (secondary N) is 1. The fourth-order valence-electron chi connectivity index (χ4n) is 1.59. The smallest absolute Gasteiger partial charge is 0.326 e. The van der Waals surface area contributed by atoms with Gasteiger partial charge in [-0.3, -0.25) is 9.59 Å². The molecule has 0 bridgehead atoms. The zero-order valence-electron chi connectivity index (χ0n) is 9.35. The molecule has 2 amide bonds. The summed E-state index contributed by atoms with van der Waals surface area (Å²) in [4.78, 5) is 33.0. The molecule has 4 N–H and O–H groups in total. The topological polar surface area (TPSA) is 119 Å². The Balaban J connectivity index is 2.44. The van der Waals surface area contributed by atoms with Gasteiger partial charge in [0.15, 0.2) is 0 Å². The van der Waals surface area contributed by atoms with Gasteiger partial charge in [-0.1, -0.05) is 0 Å². The van der Waals surface area contributed by atoms with Crippen LogP contribution in [-0.4, -0.2) is 41.6 Å². The summed E-state index contributed by atoms with van der Waals surface area (Å²) in [6, 6.07) is -1.10. The van der Waals surface area contributed by atoms with Crippen LogP contribution in [0.4, 0.5) is 0 Å². The Kier molecular flexibility index (Phi) is 4.89. The SMILES string of the molecule is NC(=O)CCC(NC(=O)[C@H]1CCCO1)C(=O)O. The predicted molar refractivity (Wildman–Crippen MR) is 57.0 cm³/mol. The van der Waals surface area contributed by atoms with E-state index in [2.05, 4.69) is 5.32 Å². The molecule has 96 valence electrons. The van der Waals surface area contributed by atoms with E-state index in [1.165, 1.54) is 0 Å². The summed E-state index contributed by atoms with van der Waals surface area (Å²) in [5, 5.41) is 11.2. The second kappa shape index (κ2) is 6.19. The Morgan fingerprint density at radius 2 is 2.18 bits per heavy atom. The van der Waals surface area contributed by atoms with E-state index >= 15 is 0 Å². The molecule has 1 saturated heterocycles. The Labute approximate surface area is 98.3 Å². The van der Waals surface area contributed by atoms with Crippen LogP contribution in [-0.2, 0) is 19.1 Å². The number of ether oxygens (including phenoxy) is 1. The molecule has 0 radical (unpaired) electrons. The molecule has 7 heteroatoms. The van der Waals surface area contributed by atoms with E-state index in [-0.39, 0.29) is 12.8 Å². The number of hydrogen-bond acceptors (Lipinski definition) is 4. The predicted octanol–water partition coefficient (Wildman–Crippen LogP) is -1.000. The van der Waals surface area contributed by atoms with Crippen molar-refractivity contribution in [1.82, 2.24) is 5.32 Å². The molecule has 0 aromatic rings. The van der Waals surface area contributed by atoms with Crippen LogP contribution in [0.2, 0.25) is 0 Å². The quantitative estimate of drug-likeness (QED) is 0.553. The van der Waals surface area contributed by atoms with Gasteiger partial charge in [-0.05, 0) is 19.3 Å². The van der Waals surface area contributed by atoms with Crippen LogP contribution in [0.25, 0.3) is 0 Å². The van der Waals surface area contributed by atoms with Crippen molar-refractivity contribution in [3.8, 4) is 0 Å². The zero-order valence-corrected chi connectivity index (χ0v) is 9.35. The highest BCUT2D eigenvalue weighted by molar-refractivity contribution is 5.86. The van der Waals surface area contributed by atoms with Crippen molar-refractivity contribution in [2.75, 3.05) is 6.61 Å². The summed E-state index contributed by atoms with van der Waals surface area (Å²) in [6.07, 6.45) is 0.710. The van der Waals surface area contributed by atoms with Gasteiger partial charge in [-0.25, -0.2) is 4.79 Å². The average Bonchev–Trinajstić information content (AvgIpc) is 2.76. The Morgan fingerprint density at radius 3 is 2.65 bits per heavy atom. The first kappa shape index (κ1) is 13.4. The molecular formula is C10H16N2O5. The standard InChI is InChI=1S/C10H16N2O5/c11-8(13)4-3-6(10(15)16)12-9(14)7-2-1-5-17-7/h6-7H,1-5H2,(H2,11,13)(H,12,14)(H,15,16)/t6?,7-/m1/s1. The van der Waals surface area contributed by atoms with Crippen molar-refractivity contribution in [2.45, 2.75) is 37.8 Å². The van der Waals surface area contributed by atoms with Gasteiger partial charge in [-0.15, -0.1) is 0 Å². The molecule has 1 unspecified atom stereocenters. The number of primary amides is 1. The molecule has 2 atom stereocenters. The van der Waals surface area contributed by atoms with Crippen molar-refractivity contribution in [2.24, 2.45) is 5.73 Å². The van der Waals surface area contributed by atoms with E-state index < -0.39 is 29.9 Å². The molecule has 1 heterocycles. The van der Waals surface area contributed by atoms with Gasteiger partial charge in [0, 0.05) is 13.0 Å². The van der Waals surface area contributed by atoms with Crippen LogP contribution >= 0.6 is 0 Å². The first-order valence-corrected chi connectivity index (χ1v) is 5.44. The average molecular weight is 244 g/mol. The minimum atomic E-state index is -1.18. The van der Waals surface area contributed by atoms with Crippen molar-refractivity contribution in [1.29, 1.82) is 0 Å². The maximum atomic E-state index is 11.6. The lowest BCUT2D eigenvalue weighted by atomic mass is 10.1. The highest BCUT2D eigenvalue weighted by Gasteiger charge is 2.28. The summed E-state index contributed by atoms with van der Waals surface area (Å²) in [7, 11) is 0. The minimum Gasteiger partial charge on any atom is -0.480 e. The number of amides is 2. The van der Waals surface area contributed by atoms with Gasteiger partial charge in [0.25, 0.3) is 0 Å². The lowest BCUT2D eigenvalue weighted by Gasteiger charge is -2.16. The van der Waals surface area contributed by atoms with Gasteiger partial charge >= 0.3 is 5.97 Å².